The van der Waals surface area contributed by atoms with Crippen LogP contribution >= 0.6 is 0 Å². The van der Waals surface area contributed by atoms with Crippen LogP contribution in [-0.2, 0) is 0 Å². The van der Waals surface area contributed by atoms with E-state index in [-0.39, 0.29) is 12.6 Å². The summed E-state index contributed by atoms with van der Waals surface area (Å²) >= 11 is 0. The molecule has 0 saturated heterocycles. The topological polar surface area (TPSA) is 79.2 Å². The predicted octanol–water partition coefficient (Wildman–Crippen LogP) is 1.68. The second-order valence-electron chi connectivity index (χ2n) is 4.40. The fraction of sp³-hybridized carbons (Fsp3) is 0.286. The lowest BCUT2D eigenvalue weighted by molar-refractivity contribution is 0.248. The number of aromatic nitrogens is 2. The van der Waals surface area contributed by atoms with Gasteiger partial charge in [0, 0.05) is 24.9 Å². The second kappa shape index (κ2) is 6.72. The first-order chi connectivity index (χ1) is 9.70. The first-order valence-corrected chi connectivity index (χ1v) is 6.48. The van der Waals surface area contributed by atoms with Gasteiger partial charge in [-0.1, -0.05) is 18.2 Å². The van der Waals surface area contributed by atoms with Gasteiger partial charge in [-0.3, -0.25) is 5.32 Å². The Hall–Kier alpha value is -2.34. The van der Waals surface area contributed by atoms with Crippen molar-refractivity contribution in [3.05, 3.63) is 42.1 Å². The fourth-order valence-electron chi connectivity index (χ4n) is 1.73. The van der Waals surface area contributed by atoms with Crippen LogP contribution in [0.25, 0.3) is 5.69 Å². The molecular weight excluding hydrogens is 256 g/mol. The molecule has 0 aliphatic rings. The van der Waals surface area contributed by atoms with Crippen LogP contribution < -0.4 is 10.6 Å². The molecule has 0 unspecified atom stereocenters. The van der Waals surface area contributed by atoms with Gasteiger partial charge in [-0.2, -0.15) is 0 Å². The van der Waals surface area contributed by atoms with Crippen molar-refractivity contribution < 1.29 is 9.90 Å². The molecule has 6 nitrogen and oxygen atoms in total. The highest BCUT2D eigenvalue weighted by Crippen LogP contribution is 2.15. The first kappa shape index (κ1) is 14.1. The molecule has 2 rings (SSSR count). The van der Waals surface area contributed by atoms with Gasteiger partial charge in [-0.25, -0.2) is 9.48 Å². The van der Waals surface area contributed by atoms with E-state index in [1.807, 2.05) is 43.5 Å². The minimum atomic E-state index is -0.320. The molecule has 3 N–H and O–H groups in total. The summed E-state index contributed by atoms with van der Waals surface area (Å²) in [4.78, 5) is 11.6. The number of nitrogens with one attached hydrogen (secondary N) is 2. The van der Waals surface area contributed by atoms with E-state index in [1.54, 1.807) is 4.68 Å². The van der Waals surface area contributed by atoms with E-state index in [0.717, 1.165) is 11.3 Å². The van der Waals surface area contributed by atoms with Gasteiger partial charge in [-0.15, -0.1) is 5.10 Å². The standard InChI is InChI=1S/C14H18N4O2/c1-11-10-18(12-6-3-2-4-7-12)17-13(11)16-14(20)15-8-5-9-19/h2-4,6-7,10,19H,5,8-9H2,1H3,(H2,15,16,17,20). The molecule has 0 aliphatic heterocycles. The molecule has 0 radical (unpaired) electrons. The zero-order valence-electron chi connectivity index (χ0n) is 11.3. The Kier molecular flexibility index (Phi) is 4.73. The lowest BCUT2D eigenvalue weighted by atomic mass is 10.3. The lowest BCUT2D eigenvalue weighted by Gasteiger charge is -2.05. The third kappa shape index (κ3) is 3.58. The number of amides is 2. The smallest absolute Gasteiger partial charge is 0.320 e. The van der Waals surface area contributed by atoms with Crippen molar-refractivity contribution in [2.45, 2.75) is 13.3 Å². The Morgan fingerprint density at radius 1 is 1.35 bits per heavy atom. The van der Waals surface area contributed by atoms with Crippen molar-refractivity contribution in [1.29, 1.82) is 0 Å². The van der Waals surface area contributed by atoms with E-state index in [9.17, 15) is 4.79 Å². The Morgan fingerprint density at radius 3 is 2.80 bits per heavy atom. The van der Waals surface area contributed by atoms with E-state index in [0.29, 0.717) is 18.8 Å². The van der Waals surface area contributed by atoms with Gasteiger partial charge in [0.15, 0.2) is 5.82 Å². The normalized spacial score (nSPS) is 10.3. The molecule has 1 aromatic heterocycles. The number of para-hydroxylation sites is 1. The minimum Gasteiger partial charge on any atom is -0.396 e. The first-order valence-electron chi connectivity index (χ1n) is 6.48. The summed E-state index contributed by atoms with van der Waals surface area (Å²) in [6.45, 7) is 2.37. The van der Waals surface area contributed by atoms with Crippen LogP contribution in [0.2, 0.25) is 0 Å². The zero-order chi connectivity index (χ0) is 14.4. The summed E-state index contributed by atoms with van der Waals surface area (Å²) in [5.41, 5.74) is 1.82. The molecule has 1 aromatic carbocycles. The van der Waals surface area contributed by atoms with Crippen LogP contribution in [0.3, 0.4) is 0 Å². The van der Waals surface area contributed by atoms with Crippen molar-refractivity contribution >= 4 is 11.8 Å². The minimum absolute atomic E-state index is 0.0575. The molecule has 20 heavy (non-hydrogen) atoms. The molecule has 106 valence electrons. The van der Waals surface area contributed by atoms with Crippen LogP contribution in [0.15, 0.2) is 36.5 Å². The molecular formula is C14H18N4O2. The monoisotopic (exact) mass is 274 g/mol. The number of aliphatic hydroxyl groups is 1. The molecule has 1 heterocycles. The van der Waals surface area contributed by atoms with Gasteiger partial charge in [0.1, 0.15) is 0 Å². The molecule has 0 spiro atoms. The Bertz CT molecular complexity index is 566. The van der Waals surface area contributed by atoms with Gasteiger partial charge >= 0.3 is 6.03 Å². The SMILES string of the molecule is Cc1cn(-c2ccccc2)nc1NC(=O)NCCCO. The maximum atomic E-state index is 11.6. The molecule has 6 heteroatoms. The number of rotatable bonds is 5. The number of anilines is 1. The van der Waals surface area contributed by atoms with E-state index in [4.69, 9.17) is 5.11 Å². The molecule has 0 saturated carbocycles. The van der Waals surface area contributed by atoms with Gasteiger partial charge in [0.25, 0.3) is 0 Å². The molecule has 2 amide bonds. The molecule has 0 atom stereocenters. The third-order valence-corrected chi connectivity index (χ3v) is 2.77. The van der Waals surface area contributed by atoms with Crippen LogP contribution in [0, 0.1) is 6.92 Å². The van der Waals surface area contributed by atoms with Crippen LogP contribution in [0.4, 0.5) is 10.6 Å². The number of carbonyl (C=O) groups is 1. The number of aliphatic hydroxyl groups excluding tert-OH is 1. The summed E-state index contributed by atoms with van der Waals surface area (Å²) in [5.74, 6) is 0.523. The van der Waals surface area contributed by atoms with Crippen molar-refractivity contribution in [1.82, 2.24) is 15.1 Å². The zero-order valence-corrected chi connectivity index (χ0v) is 11.3. The van der Waals surface area contributed by atoms with E-state index >= 15 is 0 Å². The summed E-state index contributed by atoms with van der Waals surface area (Å²) in [6, 6.07) is 9.37. The van der Waals surface area contributed by atoms with Gasteiger partial charge in [0.2, 0.25) is 0 Å². The summed E-state index contributed by atoms with van der Waals surface area (Å²) in [6.07, 6.45) is 2.39. The quantitative estimate of drug-likeness (QED) is 0.726. The summed E-state index contributed by atoms with van der Waals surface area (Å²) < 4.78 is 1.72. The highest BCUT2D eigenvalue weighted by atomic mass is 16.3. The van der Waals surface area contributed by atoms with Crippen LogP contribution in [-0.4, -0.2) is 34.1 Å². The average Bonchev–Trinajstić information content (AvgIpc) is 2.81. The predicted molar refractivity (Wildman–Crippen MR) is 77.0 cm³/mol. The molecule has 0 aliphatic carbocycles. The van der Waals surface area contributed by atoms with E-state index < -0.39 is 0 Å². The molecule has 2 aromatic rings. The molecule has 0 bridgehead atoms. The number of urea groups is 1. The van der Waals surface area contributed by atoms with Crippen molar-refractivity contribution in [3.8, 4) is 5.69 Å². The van der Waals surface area contributed by atoms with Crippen molar-refractivity contribution in [2.24, 2.45) is 0 Å². The molecule has 0 fully saturated rings. The van der Waals surface area contributed by atoms with Gasteiger partial charge in [0.05, 0.1) is 5.69 Å². The summed E-state index contributed by atoms with van der Waals surface area (Å²) in [7, 11) is 0. The Labute approximate surface area is 117 Å². The summed E-state index contributed by atoms with van der Waals surface area (Å²) in [5, 5.41) is 18.3. The maximum Gasteiger partial charge on any atom is 0.320 e. The Morgan fingerprint density at radius 2 is 2.10 bits per heavy atom. The van der Waals surface area contributed by atoms with E-state index in [2.05, 4.69) is 15.7 Å². The van der Waals surface area contributed by atoms with Gasteiger partial charge in [-0.05, 0) is 25.5 Å². The largest absolute Gasteiger partial charge is 0.396 e. The highest BCUT2D eigenvalue weighted by molar-refractivity contribution is 5.88. The van der Waals surface area contributed by atoms with Crippen LogP contribution in [0.5, 0.6) is 0 Å². The number of hydrogen-bond donors (Lipinski definition) is 3. The van der Waals surface area contributed by atoms with E-state index in [1.165, 1.54) is 0 Å². The number of carbonyl (C=O) groups excluding carboxylic acids is 1. The average molecular weight is 274 g/mol. The van der Waals surface area contributed by atoms with Crippen molar-refractivity contribution in [3.63, 3.8) is 0 Å². The second-order valence-corrected chi connectivity index (χ2v) is 4.40. The lowest BCUT2D eigenvalue weighted by Crippen LogP contribution is -2.30. The number of nitrogens with zero attached hydrogens (tertiary/aromatic N) is 2. The van der Waals surface area contributed by atoms with Crippen LogP contribution in [0.1, 0.15) is 12.0 Å². The Balaban J connectivity index is 2.03. The van der Waals surface area contributed by atoms with Gasteiger partial charge < -0.3 is 10.4 Å². The number of aryl methyl sites for hydroxylation is 1. The van der Waals surface area contributed by atoms with Crippen molar-refractivity contribution in [2.75, 3.05) is 18.5 Å². The third-order valence-electron chi connectivity index (χ3n) is 2.77. The highest BCUT2D eigenvalue weighted by Gasteiger charge is 2.09. The fourth-order valence-corrected chi connectivity index (χ4v) is 1.73. The number of hydrogen-bond acceptors (Lipinski definition) is 3. The maximum absolute atomic E-state index is 11.6. The number of benzene rings is 1.